The van der Waals surface area contributed by atoms with Gasteiger partial charge in [-0.05, 0) is 172 Å². The van der Waals surface area contributed by atoms with E-state index in [1.54, 1.807) is 0 Å². The van der Waals surface area contributed by atoms with Gasteiger partial charge >= 0.3 is 0 Å². The SMILES string of the molecule is [2H]c1c([2H])c([2H])c(-c2cc(C(C)(C)C)cc3c2-[n+]2[c-]n(-c4[c-]c(Oc5[c-]c6c(cc5)c5ccccc5n6-c5cc(C(C)(C)C)ccn5)ccc4)c4cc(-c5ccc6oc7ccccc7c6c5)cc(c42)-c2ccccc2-c2cc4c(cc2-3)C(C)(C)CCC4(C)C)c([2H])c1[2H].[Pt]. The van der Waals surface area contributed by atoms with Crippen molar-refractivity contribution in [3.8, 4) is 84.3 Å². The maximum absolute atomic E-state index is 9.82. The average molecular weight is 1340 g/mol. The van der Waals surface area contributed by atoms with E-state index in [-0.39, 0.29) is 55.0 Å². The number of furan rings is 1. The van der Waals surface area contributed by atoms with Crippen LogP contribution in [0.3, 0.4) is 0 Å². The molecule has 89 heavy (non-hydrogen) atoms. The van der Waals surface area contributed by atoms with E-state index in [4.69, 9.17) is 15.5 Å². The van der Waals surface area contributed by atoms with Crippen molar-refractivity contribution in [2.75, 3.05) is 0 Å². The van der Waals surface area contributed by atoms with E-state index < -0.39 is 23.5 Å². The number of pyridine rings is 1. The molecule has 2 aliphatic rings. The number of ether oxygens (including phenoxy) is 1. The molecule has 0 spiro atoms. The molecule has 440 valence electrons. The zero-order valence-electron chi connectivity index (χ0n) is 56.6. The molecule has 0 atom stereocenters. The Morgan fingerprint density at radius 3 is 1.94 bits per heavy atom. The Hall–Kier alpha value is -9.09. The monoisotopic (exact) mass is 1340 g/mol. The van der Waals surface area contributed by atoms with Crippen LogP contribution in [0.4, 0.5) is 0 Å². The third-order valence-corrected chi connectivity index (χ3v) is 18.8. The maximum Gasteiger partial charge on any atom is 0.268 e. The van der Waals surface area contributed by atoms with Crippen LogP contribution < -0.4 is 9.30 Å². The van der Waals surface area contributed by atoms with Crippen LogP contribution in [0.25, 0.3) is 128 Å². The normalized spacial score (nSPS) is 15.0. The molecule has 0 bridgehead atoms. The zero-order chi connectivity index (χ0) is 64.5. The number of aromatic nitrogens is 4. The topological polar surface area (TPSA) is 49.0 Å². The number of rotatable bonds is 6. The summed E-state index contributed by atoms with van der Waals surface area (Å²) in [7, 11) is 0. The van der Waals surface area contributed by atoms with E-state index in [1.165, 1.54) is 16.7 Å². The number of benzene rings is 10. The van der Waals surface area contributed by atoms with Crippen molar-refractivity contribution in [1.29, 1.82) is 0 Å². The van der Waals surface area contributed by atoms with Gasteiger partial charge in [0, 0.05) is 55.1 Å². The van der Waals surface area contributed by atoms with Gasteiger partial charge in [0.25, 0.3) is 6.33 Å². The summed E-state index contributed by atoms with van der Waals surface area (Å²) in [6.07, 6.45) is 7.85. The first-order valence-electron chi connectivity index (χ1n) is 33.1. The minimum absolute atomic E-state index is 0. The first kappa shape index (κ1) is 50.9. The molecule has 1 aliphatic carbocycles. The number of nitrogens with zero attached hydrogens (tertiary/aromatic N) is 4. The quantitative estimate of drug-likeness (QED) is 0.123. The first-order chi connectivity index (χ1) is 44.4. The van der Waals surface area contributed by atoms with Gasteiger partial charge in [-0.2, -0.15) is 18.2 Å². The molecule has 10 aromatic carbocycles. The Labute approximate surface area is 542 Å². The second kappa shape index (κ2) is 20.5. The van der Waals surface area contributed by atoms with Gasteiger partial charge in [-0.1, -0.05) is 196 Å². The summed E-state index contributed by atoms with van der Waals surface area (Å²) in [5, 5.41) is 4.12. The van der Waals surface area contributed by atoms with Gasteiger partial charge in [-0.25, -0.2) is 4.98 Å². The van der Waals surface area contributed by atoms with E-state index in [1.807, 2.05) is 53.2 Å². The molecule has 5 heterocycles. The summed E-state index contributed by atoms with van der Waals surface area (Å²) < 4.78 is 66.7. The molecule has 7 heteroatoms. The molecule has 0 saturated heterocycles. The molecule has 0 N–H and O–H groups in total. The van der Waals surface area contributed by atoms with Gasteiger partial charge in [-0.3, -0.25) is 4.57 Å². The van der Waals surface area contributed by atoms with Crippen molar-refractivity contribution in [1.82, 2.24) is 14.1 Å². The third kappa shape index (κ3) is 9.23. The molecule has 0 radical (unpaired) electrons. The summed E-state index contributed by atoms with van der Waals surface area (Å²) in [5.41, 5.74) is 18.3. The molecule has 0 saturated carbocycles. The molecular weight excluding hydrogens is 1270 g/mol. The molecule has 14 aromatic rings. The number of hydrogen-bond acceptors (Lipinski definition) is 3. The van der Waals surface area contributed by atoms with Crippen molar-refractivity contribution in [3.05, 3.63) is 247 Å². The van der Waals surface area contributed by atoms with Crippen LogP contribution in [0.2, 0.25) is 0 Å². The minimum atomic E-state index is -0.463. The fourth-order valence-corrected chi connectivity index (χ4v) is 13.9. The summed E-state index contributed by atoms with van der Waals surface area (Å²) in [6.45, 7) is 22.6. The van der Waals surface area contributed by atoms with Crippen LogP contribution in [-0.4, -0.2) is 14.1 Å². The molecule has 16 rings (SSSR count). The van der Waals surface area contributed by atoms with Crippen LogP contribution in [0, 0.1) is 18.5 Å². The number of fused-ring (bicyclic) bond motifs is 14. The number of hydrogen-bond donors (Lipinski definition) is 0. The first-order valence-corrected chi connectivity index (χ1v) is 30.6. The summed E-state index contributed by atoms with van der Waals surface area (Å²) in [5.74, 6) is 1.73. The van der Waals surface area contributed by atoms with Gasteiger partial charge in [0.15, 0.2) is 0 Å². The Bertz CT molecular complexity index is 5510. The predicted octanol–water partition coefficient (Wildman–Crippen LogP) is 21.1. The van der Waals surface area contributed by atoms with Crippen molar-refractivity contribution in [3.63, 3.8) is 0 Å². The summed E-state index contributed by atoms with van der Waals surface area (Å²) >= 11 is 0. The number of imidazole rings is 1. The zero-order valence-corrected chi connectivity index (χ0v) is 53.9. The molecule has 4 aromatic heterocycles. The maximum atomic E-state index is 9.82. The standard InChI is InChI=1S/C82H68N4O2.Pt/c1-79(2,3)53-35-38-83-76(44-53)86-71-29-18-16-27-60(71)61-33-32-57(46-72(61)86)87-56-24-20-23-55(45-56)84-49-85-77-63(50-21-12-11-13-22-50)42-54(80(4,5)6)43-68(77)65-48-70-69(81(7,8)36-37-82(70,9)10)47-64(65)58-25-14-15-26-59(58)67-40-52(41-73(84)78(67)85)51-31-34-75-66(39-51)62-28-17-19-30-74(62)88-75;/h11-35,38-44,47-48H,36-37H2,1-10H3;/q-2;/i11D,12D,13D,21D,22D;. The minimum Gasteiger partial charge on any atom is -0.510 e. The van der Waals surface area contributed by atoms with Crippen molar-refractivity contribution in [2.24, 2.45) is 0 Å². The third-order valence-electron chi connectivity index (χ3n) is 18.8. The van der Waals surface area contributed by atoms with Crippen LogP contribution in [0.5, 0.6) is 11.5 Å². The molecule has 6 nitrogen and oxygen atoms in total. The van der Waals surface area contributed by atoms with Gasteiger partial charge < -0.3 is 18.3 Å². The van der Waals surface area contributed by atoms with E-state index in [0.29, 0.717) is 28.4 Å². The Balaban J connectivity index is 0.00000729. The molecule has 0 unspecified atom stereocenters. The van der Waals surface area contributed by atoms with E-state index in [9.17, 15) is 5.48 Å². The van der Waals surface area contributed by atoms with Crippen molar-refractivity contribution >= 4 is 54.8 Å². The average Bonchev–Trinajstić information content (AvgIpc) is 1.39. The smallest absolute Gasteiger partial charge is 0.268 e. The van der Waals surface area contributed by atoms with Crippen LogP contribution in [0.15, 0.2) is 211 Å². The summed E-state index contributed by atoms with van der Waals surface area (Å²) in [4.78, 5) is 4.93. The fourth-order valence-electron chi connectivity index (χ4n) is 13.9. The largest absolute Gasteiger partial charge is 0.510 e. The van der Waals surface area contributed by atoms with Gasteiger partial charge in [-0.15, -0.1) is 29.7 Å². The van der Waals surface area contributed by atoms with Gasteiger partial charge in [0.1, 0.15) is 17.0 Å². The van der Waals surface area contributed by atoms with E-state index in [2.05, 4.69) is 224 Å². The van der Waals surface area contributed by atoms with Crippen LogP contribution >= 0.6 is 0 Å². The number of para-hydroxylation sites is 2. The van der Waals surface area contributed by atoms with Crippen LogP contribution in [0.1, 0.15) is 111 Å². The van der Waals surface area contributed by atoms with E-state index in [0.717, 1.165) is 124 Å². The summed E-state index contributed by atoms with van der Waals surface area (Å²) in [6, 6.07) is 65.0. The van der Waals surface area contributed by atoms with Crippen molar-refractivity contribution < 1.29 is 41.6 Å². The Kier molecular flexibility index (Phi) is 11.7. The second-order valence-electron chi connectivity index (χ2n) is 27.5. The molecular formula is C82H68N4O2Pt-2. The van der Waals surface area contributed by atoms with Gasteiger partial charge in [0.2, 0.25) is 0 Å². The second-order valence-corrected chi connectivity index (χ2v) is 27.5. The molecule has 1 aliphatic heterocycles. The Morgan fingerprint density at radius 1 is 0.528 bits per heavy atom. The Morgan fingerprint density at radius 2 is 1.19 bits per heavy atom. The molecule has 0 fully saturated rings. The molecule has 0 amide bonds. The van der Waals surface area contributed by atoms with Gasteiger partial charge in [0.05, 0.1) is 23.6 Å². The fraction of sp³-hybridized carbons (Fsp3) is 0.195. The van der Waals surface area contributed by atoms with Crippen molar-refractivity contribution in [2.45, 2.75) is 104 Å². The van der Waals surface area contributed by atoms with Crippen LogP contribution in [-0.2, 0) is 42.7 Å². The van der Waals surface area contributed by atoms with E-state index >= 15 is 0 Å². The predicted molar refractivity (Wildman–Crippen MR) is 361 cm³/mol.